The van der Waals surface area contributed by atoms with Crippen LogP contribution < -0.4 is 14.8 Å². The van der Waals surface area contributed by atoms with Gasteiger partial charge in [0.1, 0.15) is 11.3 Å². The van der Waals surface area contributed by atoms with Gasteiger partial charge in [-0.3, -0.25) is 9.52 Å². The van der Waals surface area contributed by atoms with Crippen molar-refractivity contribution in [1.29, 1.82) is 0 Å². The van der Waals surface area contributed by atoms with Gasteiger partial charge in [-0.15, -0.1) is 0 Å². The first-order valence-corrected chi connectivity index (χ1v) is 11.0. The van der Waals surface area contributed by atoms with Crippen molar-refractivity contribution in [2.24, 2.45) is 0 Å². The number of hydrogen-bond donors (Lipinski definition) is 2. The molecule has 3 aromatic rings. The third-order valence-corrected chi connectivity index (χ3v) is 5.64. The van der Waals surface area contributed by atoms with Crippen molar-refractivity contribution < 1.29 is 22.7 Å². The number of anilines is 1. The number of benzene rings is 2. The van der Waals surface area contributed by atoms with Crippen LogP contribution in [0.1, 0.15) is 15.9 Å². The average Bonchev–Trinajstić information content (AvgIpc) is 2.74. The highest BCUT2D eigenvalue weighted by atomic mass is 32.2. The molecule has 0 spiro atoms. The second-order valence-electron chi connectivity index (χ2n) is 6.65. The minimum atomic E-state index is -3.75. The summed E-state index contributed by atoms with van der Waals surface area (Å²) in [6.07, 6.45) is 1.51. The highest BCUT2D eigenvalue weighted by Gasteiger charge is 2.16. The molecule has 0 aliphatic rings. The number of ether oxygens (including phenoxy) is 2. The highest BCUT2D eigenvalue weighted by molar-refractivity contribution is 7.92. The van der Waals surface area contributed by atoms with Crippen molar-refractivity contribution >= 4 is 21.6 Å². The number of rotatable bonds is 9. The molecule has 0 aliphatic carbocycles. The van der Waals surface area contributed by atoms with E-state index < -0.39 is 10.0 Å². The van der Waals surface area contributed by atoms with Gasteiger partial charge in [0, 0.05) is 25.9 Å². The SMILES string of the molecule is COCCNC(=O)c1cccnc1Oc1cccc(NS(=O)(=O)c2ccc(C)cc2)c1. The molecule has 0 saturated carbocycles. The van der Waals surface area contributed by atoms with Crippen molar-refractivity contribution in [3.05, 3.63) is 78.0 Å². The van der Waals surface area contributed by atoms with Crippen molar-refractivity contribution in [3.63, 3.8) is 0 Å². The molecule has 0 unspecified atom stereocenters. The molecule has 0 fully saturated rings. The van der Waals surface area contributed by atoms with Crippen LogP contribution in [0.5, 0.6) is 11.6 Å². The summed E-state index contributed by atoms with van der Waals surface area (Å²) >= 11 is 0. The van der Waals surface area contributed by atoms with E-state index in [1.807, 2.05) is 6.92 Å². The van der Waals surface area contributed by atoms with Crippen LogP contribution in [-0.2, 0) is 14.8 Å². The monoisotopic (exact) mass is 441 g/mol. The Morgan fingerprint density at radius 2 is 1.84 bits per heavy atom. The molecule has 0 aliphatic heterocycles. The first-order valence-electron chi connectivity index (χ1n) is 9.48. The summed E-state index contributed by atoms with van der Waals surface area (Å²) in [5.74, 6) is 0.0843. The number of nitrogens with zero attached hydrogens (tertiary/aromatic N) is 1. The van der Waals surface area contributed by atoms with E-state index in [9.17, 15) is 13.2 Å². The lowest BCUT2D eigenvalue weighted by atomic mass is 10.2. The number of sulfonamides is 1. The standard InChI is InChI=1S/C22H23N3O5S/c1-16-8-10-19(11-9-16)31(27,28)25-17-5-3-6-18(15-17)30-22-20(7-4-12-24-22)21(26)23-13-14-29-2/h3-12,15,25H,13-14H2,1-2H3,(H,23,26). The van der Waals surface area contributed by atoms with Gasteiger partial charge in [0.2, 0.25) is 5.88 Å². The zero-order valence-electron chi connectivity index (χ0n) is 17.2. The molecular weight excluding hydrogens is 418 g/mol. The largest absolute Gasteiger partial charge is 0.438 e. The zero-order valence-corrected chi connectivity index (χ0v) is 18.0. The van der Waals surface area contributed by atoms with E-state index in [-0.39, 0.29) is 22.2 Å². The fourth-order valence-corrected chi connectivity index (χ4v) is 3.72. The van der Waals surface area contributed by atoms with Crippen molar-refractivity contribution in [1.82, 2.24) is 10.3 Å². The summed E-state index contributed by atoms with van der Waals surface area (Å²) in [5.41, 5.74) is 1.54. The van der Waals surface area contributed by atoms with E-state index in [0.717, 1.165) is 5.56 Å². The number of carbonyl (C=O) groups excluding carboxylic acids is 1. The molecule has 0 radical (unpaired) electrons. The molecule has 0 atom stereocenters. The second kappa shape index (κ2) is 10.1. The maximum Gasteiger partial charge on any atom is 0.261 e. The van der Waals surface area contributed by atoms with Gasteiger partial charge in [-0.2, -0.15) is 0 Å². The van der Waals surface area contributed by atoms with Crippen LogP contribution >= 0.6 is 0 Å². The van der Waals surface area contributed by atoms with Gasteiger partial charge in [-0.25, -0.2) is 13.4 Å². The normalized spacial score (nSPS) is 11.0. The Morgan fingerprint density at radius 1 is 1.06 bits per heavy atom. The summed E-state index contributed by atoms with van der Waals surface area (Å²) < 4.78 is 38.5. The molecule has 1 heterocycles. The van der Waals surface area contributed by atoms with Crippen LogP contribution in [0.25, 0.3) is 0 Å². The molecule has 2 N–H and O–H groups in total. The smallest absolute Gasteiger partial charge is 0.261 e. The highest BCUT2D eigenvalue weighted by Crippen LogP contribution is 2.26. The molecule has 31 heavy (non-hydrogen) atoms. The number of amides is 1. The molecule has 0 bridgehead atoms. The Bertz CT molecular complexity index is 1150. The van der Waals surface area contributed by atoms with Crippen LogP contribution in [0.15, 0.2) is 71.8 Å². The van der Waals surface area contributed by atoms with E-state index in [0.29, 0.717) is 24.6 Å². The Labute approximate surface area is 181 Å². The molecule has 9 heteroatoms. The number of pyridine rings is 1. The van der Waals surface area contributed by atoms with Crippen LogP contribution in [0.3, 0.4) is 0 Å². The van der Waals surface area contributed by atoms with Gasteiger partial charge in [-0.1, -0.05) is 23.8 Å². The van der Waals surface area contributed by atoms with Gasteiger partial charge in [0.05, 0.1) is 17.2 Å². The molecule has 0 saturated heterocycles. The fraction of sp³-hybridized carbons (Fsp3) is 0.182. The van der Waals surface area contributed by atoms with E-state index in [1.54, 1.807) is 61.7 Å². The lowest BCUT2D eigenvalue weighted by Gasteiger charge is -2.12. The average molecular weight is 442 g/mol. The predicted octanol–water partition coefficient (Wildman–Crippen LogP) is 3.36. The molecule has 1 amide bonds. The minimum absolute atomic E-state index is 0.107. The number of nitrogens with one attached hydrogen (secondary N) is 2. The van der Waals surface area contributed by atoms with E-state index in [4.69, 9.17) is 9.47 Å². The Balaban J connectivity index is 1.77. The predicted molar refractivity (Wildman–Crippen MR) is 117 cm³/mol. The molecule has 2 aromatic carbocycles. The van der Waals surface area contributed by atoms with Crippen molar-refractivity contribution in [2.75, 3.05) is 25.0 Å². The first kappa shape index (κ1) is 22.3. The van der Waals surface area contributed by atoms with Gasteiger partial charge < -0.3 is 14.8 Å². The lowest BCUT2D eigenvalue weighted by Crippen LogP contribution is -2.27. The number of hydrogen-bond acceptors (Lipinski definition) is 6. The summed E-state index contributed by atoms with van der Waals surface area (Å²) in [6.45, 7) is 2.61. The van der Waals surface area contributed by atoms with Crippen LogP contribution in [0, 0.1) is 6.92 Å². The van der Waals surface area contributed by atoms with E-state index in [1.165, 1.54) is 12.3 Å². The van der Waals surface area contributed by atoms with E-state index in [2.05, 4.69) is 15.0 Å². The van der Waals surface area contributed by atoms with Gasteiger partial charge >= 0.3 is 0 Å². The third kappa shape index (κ3) is 6.03. The summed E-state index contributed by atoms with van der Waals surface area (Å²) in [6, 6.07) is 16.2. The number of aryl methyl sites for hydroxylation is 1. The van der Waals surface area contributed by atoms with Gasteiger partial charge in [-0.05, 0) is 43.3 Å². The zero-order chi connectivity index (χ0) is 22.3. The molecule has 3 rings (SSSR count). The van der Waals surface area contributed by atoms with Crippen LogP contribution in [0.2, 0.25) is 0 Å². The van der Waals surface area contributed by atoms with Crippen molar-refractivity contribution in [3.8, 4) is 11.6 Å². The summed E-state index contributed by atoms with van der Waals surface area (Å²) in [4.78, 5) is 16.7. The number of methoxy groups -OCH3 is 1. The number of aromatic nitrogens is 1. The number of carbonyl (C=O) groups is 1. The molecule has 162 valence electrons. The van der Waals surface area contributed by atoms with Gasteiger partial charge in [0.25, 0.3) is 15.9 Å². The summed E-state index contributed by atoms with van der Waals surface area (Å²) in [7, 11) is -2.20. The van der Waals surface area contributed by atoms with E-state index >= 15 is 0 Å². The van der Waals surface area contributed by atoms with Crippen LogP contribution in [0.4, 0.5) is 5.69 Å². The maximum absolute atomic E-state index is 12.6. The van der Waals surface area contributed by atoms with Crippen LogP contribution in [-0.4, -0.2) is 39.6 Å². The lowest BCUT2D eigenvalue weighted by molar-refractivity contribution is 0.0934. The van der Waals surface area contributed by atoms with Gasteiger partial charge in [0.15, 0.2) is 0 Å². The second-order valence-corrected chi connectivity index (χ2v) is 8.34. The van der Waals surface area contributed by atoms with Crippen molar-refractivity contribution in [2.45, 2.75) is 11.8 Å². The maximum atomic E-state index is 12.6. The summed E-state index contributed by atoms with van der Waals surface area (Å²) in [5, 5.41) is 2.71. The molecule has 1 aromatic heterocycles. The fourth-order valence-electron chi connectivity index (χ4n) is 2.67. The third-order valence-electron chi connectivity index (χ3n) is 4.24. The Kier molecular flexibility index (Phi) is 7.22. The molecular formula is C22H23N3O5S. The minimum Gasteiger partial charge on any atom is -0.438 e. The topological polar surface area (TPSA) is 107 Å². The Hall–Kier alpha value is -3.43. The first-order chi connectivity index (χ1) is 14.9. The Morgan fingerprint density at radius 3 is 2.58 bits per heavy atom. The quantitative estimate of drug-likeness (QED) is 0.493. The molecule has 8 nitrogen and oxygen atoms in total.